The topological polar surface area (TPSA) is 24.8 Å². The molecule has 0 aromatic rings. The van der Waals surface area contributed by atoms with Crippen LogP contribution in [0.25, 0.3) is 0 Å². The molecular formula is C22H30FeN2O+2. The third-order valence-corrected chi connectivity index (χ3v) is 4.98. The van der Waals surface area contributed by atoms with Crippen molar-refractivity contribution >= 4 is 5.90 Å². The summed E-state index contributed by atoms with van der Waals surface area (Å²) in [7, 11) is 0. The van der Waals surface area contributed by atoms with Gasteiger partial charge in [-0.05, 0) is 83.2 Å². The second kappa shape index (κ2) is 11.7. The second-order valence-corrected chi connectivity index (χ2v) is 7.32. The molecule has 140 valence electrons. The number of aliphatic imine (C=N–C) groups is 1. The van der Waals surface area contributed by atoms with E-state index in [1.807, 2.05) is 32.1 Å². The molecule has 0 unspecified atom stereocenters. The van der Waals surface area contributed by atoms with Gasteiger partial charge in [0.05, 0.1) is 12.0 Å². The van der Waals surface area contributed by atoms with E-state index in [0.717, 1.165) is 19.0 Å². The molecule has 2 aliphatic heterocycles. The molecule has 4 heteroatoms. The van der Waals surface area contributed by atoms with E-state index < -0.39 is 0 Å². The minimum Gasteiger partial charge on any atom is -0.478 e. The summed E-state index contributed by atoms with van der Waals surface area (Å²) in [5, 5.41) is 0. The van der Waals surface area contributed by atoms with Crippen LogP contribution < -0.4 is 0 Å². The molecule has 0 bridgehead atoms. The summed E-state index contributed by atoms with van der Waals surface area (Å²) in [6, 6.07) is 0.322. The van der Waals surface area contributed by atoms with Crippen LogP contribution in [0, 0.1) is 69.1 Å². The van der Waals surface area contributed by atoms with Crippen LogP contribution in [-0.2, 0) is 21.8 Å². The molecule has 3 nitrogen and oxygen atoms in total. The van der Waals surface area contributed by atoms with Crippen LogP contribution in [0.4, 0.5) is 0 Å². The van der Waals surface area contributed by atoms with Crippen molar-refractivity contribution in [3.63, 3.8) is 0 Å². The number of nitrogens with zero attached hydrogens (tertiary/aromatic N) is 2. The molecule has 0 aromatic carbocycles. The van der Waals surface area contributed by atoms with E-state index in [1.165, 1.54) is 44.2 Å². The Kier molecular flexibility index (Phi) is 10.0. The van der Waals surface area contributed by atoms with Crippen molar-refractivity contribution in [2.75, 3.05) is 26.2 Å². The molecular weight excluding hydrogens is 364 g/mol. The van der Waals surface area contributed by atoms with Crippen molar-refractivity contribution in [2.24, 2.45) is 10.9 Å². The second-order valence-electron chi connectivity index (χ2n) is 7.32. The van der Waals surface area contributed by atoms with E-state index >= 15 is 0 Å². The first kappa shape index (κ1) is 22.2. The van der Waals surface area contributed by atoms with Crippen molar-refractivity contribution in [1.29, 1.82) is 0 Å². The molecule has 0 aromatic heterocycles. The van der Waals surface area contributed by atoms with E-state index in [2.05, 4.69) is 38.0 Å². The number of hydrogen-bond donors (Lipinski definition) is 0. The van der Waals surface area contributed by atoms with Crippen LogP contribution >= 0.6 is 0 Å². The van der Waals surface area contributed by atoms with E-state index in [9.17, 15) is 0 Å². The zero-order valence-corrected chi connectivity index (χ0v) is 17.0. The summed E-state index contributed by atoms with van der Waals surface area (Å²) >= 11 is 0. The number of hydrogen-bond acceptors (Lipinski definition) is 3. The summed E-state index contributed by atoms with van der Waals surface area (Å²) in [6.07, 6.45) is 20.6. The van der Waals surface area contributed by atoms with Gasteiger partial charge >= 0.3 is 17.1 Å². The fourth-order valence-electron chi connectivity index (χ4n) is 3.36. The van der Waals surface area contributed by atoms with Crippen LogP contribution in [0.3, 0.4) is 0 Å². The molecule has 26 heavy (non-hydrogen) atoms. The SMILES string of the molecule is CC(C)[C@H]1COC([C]2[CH][CH][CH][C]2CN2CCCCC2)=N1.[CH]1[CH][CH][CH][CH]1.[Fe+2]. The summed E-state index contributed by atoms with van der Waals surface area (Å²) in [6.45, 7) is 8.65. The predicted molar refractivity (Wildman–Crippen MR) is 103 cm³/mol. The zero-order valence-electron chi connectivity index (χ0n) is 15.9. The van der Waals surface area contributed by atoms with E-state index in [4.69, 9.17) is 9.73 Å². The fraction of sp³-hybridized carbons (Fsp3) is 0.500. The first-order chi connectivity index (χ1) is 12.2. The number of ether oxygens (including phenoxy) is 1. The van der Waals surface area contributed by atoms with E-state index in [0.29, 0.717) is 12.0 Å². The first-order valence-corrected chi connectivity index (χ1v) is 9.58. The van der Waals surface area contributed by atoms with Gasteiger partial charge in [-0.15, -0.1) is 0 Å². The average molecular weight is 394 g/mol. The van der Waals surface area contributed by atoms with Crippen LogP contribution in [-0.4, -0.2) is 43.1 Å². The molecule has 2 saturated carbocycles. The van der Waals surface area contributed by atoms with Gasteiger partial charge in [0.2, 0.25) is 0 Å². The van der Waals surface area contributed by atoms with Crippen molar-refractivity contribution in [3.8, 4) is 0 Å². The zero-order chi connectivity index (χ0) is 17.5. The Morgan fingerprint density at radius 3 is 2.23 bits per heavy atom. The van der Waals surface area contributed by atoms with Crippen molar-refractivity contribution in [2.45, 2.75) is 39.2 Å². The summed E-state index contributed by atoms with van der Waals surface area (Å²) in [5.74, 6) is 3.99. The summed E-state index contributed by atoms with van der Waals surface area (Å²) in [4.78, 5) is 7.31. The molecule has 4 aliphatic rings. The van der Waals surface area contributed by atoms with Crippen LogP contribution in [0.2, 0.25) is 0 Å². The Hall–Kier alpha value is -0.0505. The van der Waals surface area contributed by atoms with Crippen LogP contribution in [0.1, 0.15) is 33.1 Å². The number of piperidine rings is 1. The van der Waals surface area contributed by atoms with Gasteiger partial charge in [-0.3, -0.25) is 0 Å². The minimum atomic E-state index is 0. The van der Waals surface area contributed by atoms with E-state index in [-0.39, 0.29) is 17.1 Å². The number of rotatable bonds is 4. The average Bonchev–Trinajstić information content (AvgIpc) is 3.38. The Morgan fingerprint density at radius 2 is 1.65 bits per heavy atom. The number of likely N-dealkylation sites (tertiary alicyclic amines) is 1. The van der Waals surface area contributed by atoms with Gasteiger partial charge in [0.15, 0.2) is 5.90 Å². The van der Waals surface area contributed by atoms with Gasteiger partial charge < -0.3 is 9.64 Å². The summed E-state index contributed by atoms with van der Waals surface area (Å²) < 4.78 is 5.83. The van der Waals surface area contributed by atoms with Gasteiger partial charge in [-0.2, -0.15) is 0 Å². The van der Waals surface area contributed by atoms with Crippen LogP contribution in [0.15, 0.2) is 4.99 Å². The first-order valence-electron chi connectivity index (χ1n) is 9.58. The monoisotopic (exact) mass is 394 g/mol. The maximum absolute atomic E-state index is 5.83. The standard InChI is InChI=1S/C17H25N2O.C5H5.Fe/c1-13(2)16-12-20-17(18-16)15-8-6-7-14(15)11-19-9-4-3-5-10-19;1-2-4-5-3-1;/h6-8,13,16H,3-5,9-12H2,1-2H3;1-5H;/q;;+2/t16-;;/m1../s1. The molecule has 0 amide bonds. The Bertz CT molecular complexity index is 409. The molecule has 3 fully saturated rings. The molecule has 0 spiro atoms. The van der Waals surface area contributed by atoms with Crippen LogP contribution in [0.5, 0.6) is 0 Å². The molecule has 10 radical (unpaired) electrons. The smallest absolute Gasteiger partial charge is 0.478 e. The molecule has 2 aliphatic carbocycles. The maximum Gasteiger partial charge on any atom is 2.00 e. The Morgan fingerprint density at radius 1 is 1.00 bits per heavy atom. The van der Waals surface area contributed by atoms with Crippen molar-refractivity contribution < 1.29 is 21.8 Å². The van der Waals surface area contributed by atoms with Crippen molar-refractivity contribution in [1.82, 2.24) is 4.90 Å². The van der Waals surface area contributed by atoms with Gasteiger partial charge in [0.1, 0.15) is 6.61 Å². The largest absolute Gasteiger partial charge is 2.00 e. The van der Waals surface area contributed by atoms with Gasteiger partial charge in [0, 0.05) is 12.5 Å². The molecule has 2 heterocycles. The normalized spacial score (nSPS) is 27.7. The third kappa shape index (κ3) is 6.53. The Balaban J connectivity index is 0.000000351. The molecule has 1 atom stereocenters. The van der Waals surface area contributed by atoms with Gasteiger partial charge in [-0.1, -0.05) is 20.3 Å². The van der Waals surface area contributed by atoms with Crippen molar-refractivity contribution in [3.05, 3.63) is 63.2 Å². The Labute approximate surface area is 172 Å². The minimum absolute atomic E-state index is 0. The predicted octanol–water partition coefficient (Wildman–Crippen LogP) is 3.72. The quantitative estimate of drug-likeness (QED) is 0.679. The summed E-state index contributed by atoms with van der Waals surface area (Å²) in [5.41, 5.74) is 0. The molecule has 0 N–H and O–H groups in total. The van der Waals surface area contributed by atoms with Gasteiger partial charge in [0.25, 0.3) is 0 Å². The molecule has 1 saturated heterocycles. The fourth-order valence-corrected chi connectivity index (χ4v) is 3.36. The van der Waals surface area contributed by atoms with Gasteiger partial charge in [-0.25, -0.2) is 4.99 Å². The maximum atomic E-state index is 5.83. The third-order valence-electron chi connectivity index (χ3n) is 4.98. The molecule has 4 rings (SSSR count). The van der Waals surface area contributed by atoms with E-state index in [1.54, 1.807) is 0 Å².